The Morgan fingerprint density at radius 3 is 2.60 bits per heavy atom. The van der Waals surface area contributed by atoms with Crippen LogP contribution in [0.25, 0.3) is 0 Å². The molecule has 0 bridgehead atoms. The van der Waals surface area contributed by atoms with Crippen molar-refractivity contribution < 1.29 is 17.9 Å². The third kappa shape index (κ3) is 4.99. The summed E-state index contributed by atoms with van der Waals surface area (Å²) in [6.45, 7) is 5.23. The fraction of sp³-hybridized carbons (Fsp3) is 0.538. The fourth-order valence-electron chi connectivity index (χ4n) is 1.53. The number of hydrogen-bond acceptors (Lipinski definition) is 5. The molecule has 3 N–H and O–H groups in total. The lowest BCUT2D eigenvalue weighted by molar-refractivity contribution is 0.114. The first-order chi connectivity index (χ1) is 9.36. The summed E-state index contributed by atoms with van der Waals surface area (Å²) in [6.07, 6.45) is 0. The SMILES string of the molecule is COc1ccc(S(=O)(=O)NCCOCC(C)C)cc1N. The Kier molecular flexibility index (Phi) is 6.25. The van der Waals surface area contributed by atoms with Crippen LogP contribution in [0, 0.1) is 5.92 Å². The molecular weight excluding hydrogens is 280 g/mol. The van der Waals surface area contributed by atoms with Crippen molar-refractivity contribution in [1.82, 2.24) is 4.72 Å². The van der Waals surface area contributed by atoms with Gasteiger partial charge in [-0.3, -0.25) is 0 Å². The molecule has 0 aromatic heterocycles. The minimum absolute atomic E-state index is 0.111. The van der Waals surface area contributed by atoms with E-state index in [-0.39, 0.29) is 17.1 Å². The maximum absolute atomic E-state index is 12.0. The number of ether oxygens (including phenoxy) is 2. The first-order valence-electron chi connectivity index (χ1n) is 6.37. The highest BCUT2D eigenvalue weighted by Crippen LogP contribution is 2.24. The number of sulfonamides is 1. The van der Waals surface area contributed by atoms with Crippen molar-refractivity contribution in [3.05, 3.63) is 18.2 Å². The highest BCUT2D eigenvalue weighted by atomic mass is 32.2. The Bertz CT molecular complexity index is 529. The summed E-state index contributed by atoms with van der Waals surface area (Å²) in [5, 5.41) is 0. The first-order valence-corrected chi connectivity index (χ1v) is 7.86. The van der Waals surface area contributed by atoms with E-state index in [4.69, 9.17) is 15.2 Å². The zero-order valence-corrected chi connectivity index (χ0v) is 12.9. The third-order valence-corrected chi connectivity index (χ3v) is 3.96. The number of hydrogen-bond donors (Lipinski definition) is 2. The highest BCUT2D eigenvalue weighted by Gasteiger charge is 2.15. The number of anilines is 1. The van der Waals surface area contributed by atoms with E-state index in [1.807, 2.05) is 13.8 Å². The molecule has 0 aliphatic heterocycles. The zero-order valence-electron chi connectivity index (χ0n) is 12.0. The van der Waals surface area contributed by atoms with E-state index in [1.165, 1.54) is 25.3 Å². The number of rotatable bonds is 8. The van der Waals surface area contributed by atoms with Crippen LogP contribution in [0.3, 0.4) is 0 Å². The van der Waals surface area contributed by atoms with Crippen LogP contribution in [-0.2, 0) is 14.8 Å². The average molecular weight is 302 g/mol. The third-order valence-electron chi connectivity index (χ3n) is 2.50. The van der Waals surface area contributed by atoms with Crippen molar-refractivity contribution in [2.24, 2.45) is 5.92 Å². The van der Waals surface area contributed by atoms with Crippen molar-refractivity contribution in [3.63, 3.8) is 0 Å². The Morgan fingerprint density at radius 2 is 2.05 bits per heavy atom. The molecule has 0 radical (unpaired) electrons. The lowest BCUT2D eigenvalue weighted by atomic mass is 10.2. The second-order valence-corrected chi connectivity index (χ2v) is 6.54. The van der Waals surface area contributed by atoms with E-state index in [0.717, 1.165) is 0 Å². The largest absolute Gasteiger partial charge is 0.495 e. The lowest BCUT2D eigenvalue weighted by Crippen LogP contribution is -2.28. The number of methoxy groups -OCH3 is 1. The summed E-state index contributed by atoms with van der Waals surface area (Å²) < 4.78 is 36.8. The predicted molar refractivity (Wildman–Crippen MR) is 78.3 cm³/mol. The molecule has 6 nitrogen and oxygen atoms in total. The van der Waals surface area contributed by atoms with E-state index in [9.17, 15) is 8.42 Å². The van der Waals surface area contributed by atoms with Gasteiger partial charge in [-0.1, -0.05) is 13.8 Å². The minimum atomic E-state index is -3.57. The number of nitrogens with two attached hydrogens (primary N) is 1. The van der Waals surface area contributed by atoms with Crippen LogP contribution in [-0.4, -0.2) is 35.3 Å². The van der Waals surface area contributed by atoms with Gasteiger partial charge in [0.05, 0.1) is 24.3 Å². The average Bonchev–Trinajstić information content (AvgIpc) is 2.37. The normalized spacial score (nSPS) is 11.8. The zero-order chi connectivity index (χ0) is 15.2. The van der Waals surface area contributed by atoms with Gasteiger partial charge in [-0.15, -0.1) is 0 Å². The molecule has 1 rings (SSSR count). The summed E-state index contributed by atoms with van der Waals surface area (Å²) in [6, 6.07) is 4.35. The second kappa shape index (κ2) is 7.47. The molecule has 0 amide bonds. The maximum Gasteiger partial charge on any atom is 0.240 e. The van der Waals surface area contributed by atoms with Gasteiger partial charge in [0.1, 0.15) is 5.75 Å². The first kappa shape index (κ1) is 16.7. The van der Waals surface area contributed by atoms with Crippen molar-refractivity contribution >= 4 is 15.7 Å². The van der Waals surface area contributed by atoms with E-state index < -0.39 is 10.0 Å². The number of benzene rings is 1. The van der Waals surface area contributed by atoms with Gasteiger partial charge in [0.25, 0.3) is 0 Å². The van der Waals surface area contributed by atoms with Gasteiger partial charge in [0.15, 0.2) is 0 Å². The van der Waals surface area contributed by atoms with Crippen molar-refractivity contribution in [2.45, 2.75) is 18.7 Å². The molecular formula is C13H22N2O4S. The van der Waals surface area contributed by atoms with E-state index in [2.05, 4.69) is 4.72 Å². The lowest BCUT2D eigenvalue weighted by Gasteiger charge is -2.10. The smallest absolute Gasteiger partial charge is 0.240 e. The molecule has 0 atom stereocenters. The van der Waals surface area contributed by atoms with E-state index >= 15 is 0 Å². The van der Waals surface area contributed by atoms with Gasteiger partial charge in [-0.25, -0.2) is 13.1 Å². The predicted octanol–water partition coefficient (Wildman–Crippen LogP) is 1.23. The molecule has 114 valence electrons. The molecule has 0 spiro atoms. The van der Waals surface area contributed by atoms with Gasteiger partial charge in [-0.2, -0.15) is 0 Å². The second-order valence-electron chi connectivity index (χ2n) is 4.77. The molecule has 0 fully saturated rings. The quantitative estimate of drug-likeness (QED) is 0.557. The van der Waals surface area contributed by atoms with Crippen molar-refractivity contribution in [1.29, 1.82) is 0 Å². The summed E-state index contributed by atoms with van der Waals surface area (Å²) in [5.41, 5.74) is 5.98. The molecule has 0 heterocycles. The Morgan fingerprint density at radius 1 is 1.35 bits per heavy atom. The Labute approximate surface area is 120 Å². The van der Waals surface area contributed by atoms with Gasteiger partial charge in [0.2, 0.25) is 10.0 Å². The monoisotopic (exact) mass is 302 g/mol. The fourth-order valence-corrected chi connectivity index (χ4v) is 2.58. The molecule has 0 saturated carbocycles. The summed E-state index contributed by atoms with van der Waals surface area (Å²) >= 11 is 0. The molecule has 1 aromatic carbocycles. The topological polar surface area (TPSA) is 90.7 Å². The van der Waals surface area contributed by atoms with Crippen LogP contribution >= 0.6 is 0 Å². The van der Waals surface area contributed by atoms with Crippen LogP contribution < -0.4 is 15.2 Å². The van der Waals surface area contributed by atoms with E-state index in [1.54, 1.807) is 0 Å². The highest BCUT2D eigenvalue weighted by molar-refractivity contribution is 7.89. The molecule has 0 aliphatic carbocycles. The van der Waals surface area contributed by atoms with Crippen molar-refractivity contribution in [3.8, 4) is 5.75 Å². The van der Waals surface area contributed by atoms with E-state index in [0.29, 0.717) is 24.9 Å². The minimum Gasteiger partial charge on any atom is -0.495 e. The number of nitrogen functional groups attached to an aromatic ring is 1. The number of nitrogens with one attached hydrogen (secondary N) is 1. The van der Waals surface area contributed by atoms with Crippen LogP contribution in [0.15, 0.2) is 23.1 Å². The summed E-state index contributed by atoms with van der Waals surface area (Å²) in [7, 11) is -2.10. The maximum atomic E-state index is 12.0. The summed E-state index contributed by atoms with van der Waals surface area (Å²) in [4.78, 5) is 0.111. The molecule has 0 aliphatic rings. The van der Waals surface area contributed by atoms with Crippen LogP contribution in [0.2, 0.25) is 0 Å². The van der Waals surface area contributed by atoms with Gasteiger partial charge >= 0.3 is 0 Å². The van der Waals surface area contributed by atoms with Crippen LogP contribution in [0.1, 0.15) is 13.8 Å². The standard InChI is InChI=1S/C13H22N2O4S/c1-10(2)9-19-7-6-15-20(16,17)11-4-5-13(18-3)12(14)8-11/h4-5,8,10,15H,6-7,9,14H2,1-3H3. The molecule has 1 aromatic rings. The van der Waals surface area contributed by atoms with Gasteiger partial charge in [-0.05, 0) is 24.1 Å². The Balaban J connectivity index is 2.58. The molecule has 0 saturated heterocycles. The van der Waals surface area contributed by atoms with Crippen LogP contribution in [0.5, 0.6) is 5.75 Å². The molecule has 20 heavy (non-hydrogen) atoms. The summed E-state index contributed by atoms with van der Waals surface area (Å²) in [5.74, 6) is 0.872. The molecule has 0 unspecified atom stereocenters. The van der Waals surface area contributed by atoms with Crippen LogP contribution in [0.4, 0.5) is 5.69 Å². The van der Waals surface area contributed by atoms with Crippen molar-refractivity contribution in [2.75, 3.05) is 32.6 Å². The van der Waals surface area contributed by atoms with Gasteiger partial charge < -0.3 is 15.2 Å². The Hall–Kier alpha value is -1.31. The molecule has 7 heteroatoms. The van der Waals surface area contributed by atoms with Gasteiger partial charge in [0, 0.05) is 13.2 Å².